The molecule has 0 unspecified atom stereocenters. The van der Waals surface area contributed by atoms with Crippen molar-refractivity contribution in [2.45, 2.75) is 56.7 Å². The van der Waals surface area contributed by atoms with Crippen LogP contribution in [0, 0.1) is 0 Å². The zero-order valence-corrected chi connectivity index (χ0v) is 15.1. The minimum absolute atomic E-state index is 0.0587. The van der Waals surface area contributed by atoms with Crippen molar-refractivity contribution < 1.29 is 9.53 Å². The summed E-state index contributed by atoms with van der Waals surface area (Å²) in [5.41, 5.74) is 0.895. The van der Waals surface area contributed by atoms with Crippen molar-refractivity contribution in [1.29, 1.82) is 0 Å². The number of carbonyl (C=O) groups excluding carboxylic acids is 1. The zero-order valence-electron chi connectivity index (χ0n) is 15.1. The molecule has 136 valence electrons. The van der Waals surface area contributed by atoms with Gasteiger partial charge >= 0.3 is 0 Å². The summed E-state index contributed by atoms with van der Waals surface area (Å²) in [4.78, 5) is 17.6. The van der Waals surface area contributed by atoms with E-state index < -0.39 is 0 Å². The predicted octanol–water partition coefficient (Wildman–Crippen LogP) is 2.41. The van der Waals surface area contributed by atoms with Crippen molar-refractivity contribution in [1.82, 2.24) is 10.2 Å². The lowest BCUT2D eigenvalue weighted by atomic mass is 9.95. The first-order valence-corrected chi connectivity index (χ1v) is 9.71. The Balaban J connectivity index is 1.43. The number of anilines is 1. The van der Waals surface area contributed by atoms with Crippen LogP contribution in [0.4, 0.5) is 5.69 Å². The highest BCUT2D eigenvalue weighted by molar-refractivity contribution is 5.99. The van der Waals surface area contributed by atoms with Gasteiger partial charge in [-0.15, -0.1) is 0 Å². The number of hydrogen-bond donors (Lipinski definition) is 1. The van der Waals surface area contributed by atoms with Crippen molar-refractivity contribution in [3.63, 3.8) is 0 Å². The predicted molar refractivity (Wildman–Crippen MR) is 99.1 cm³/mol. The van der Waals surface area contributed by atoms with E-state index in [9.17, 15) is 4.79 Å². The van der Waals surface area contributed by atoms with Gasteiger partial charge in [-0.3, -0.25) is 4.79 Å². The molecule has 3 aliphatic heterocycles. The van der Waals surface area contributed by atoms with Gasteiger partial charge in [0.15, 0.2) is 0 Å². The molecule has 25 heavy (non-hydrogen) atoms. The van der Waals surface area contributed by atoms with E-state index in [-0.39, 0.29) is 11.9 Å². The van der Waals surface area contributed by atoms with E-state index in [4.69, 9.17) is 4.74 Å². The van der Waals surface area contributed by atoms with Crippen molar-refractivity contribution in [3.8, 4) is 5.75 Å². The number of ether oxygens (including phenoxy) is 1. The van der Waals surface area contributed by atoms with Crippen LogP contribution < -0.4 is 15.0 Å². The van der Waals surface area contributed by atoms with Crippen LogP contribution in [-0.4, -0.2) is 55.7 Å². The number of para-hydroxylation sites is 2. The lowest BCUT2D eigenvalue weighted by molar-refractivity contribution is -0.122. The lowest BCUT2D eigenvalue weighted by Crippen LogP contribution is -2.56. The van der Waals surface area contributed by atoms with E-state index in [0.29, 0.717) is 6.04 Å². The van der Waals surface area contributed by atoms with E-state index in [2.05, 4.69) is 10.2 Å². The van der Waals surface area contributed by atoms with Gasteiger partial charge in [0.1, 0.15) is 5.75 Å². The fourth-order valence-electron chi connectivity index (χ4n) is 4.78. The van der Waals surface area contributed by atoms with Crippen molar-refractivity contribution >= 4 is 11.6 Å². The summed E-state index contributed by atoms with van der Waals surface area (Å²) in [5.74, 6) is 0.973. The molecule has 1 aromatic carbocycles. The molecule has 1 aromatic rings. The summed E-state index contributed by atoms with van der Waals surface area (Å²) in [5, 5.41) is 3.70. The van der Waals surface area contributed by atoms with Crippen LogP contribution in [-0.2, 0) is 4.79 Å². The maximum atomic E-state index is 13.1. The fraction of sp³-hybridized carbons (Fsp3) is 0.650. The molecule has 0 bridgehead atoms. The molecule has 0 radical (unpaired) electrons. The first-order valence-electron chi connectivity index (χ1n) is 9.71. The van der Waals surface area contributed by atoms with Gasteiger partial charge in [0.25, 0.3) is 0 Å². The number of methoxy groups -OCH3 is 1. The quantitative estimate of drug-likeness (QED) is 0.912. The Morgan fingerprint density at radius 1 is 1.08 bits per heavy atom. The fourth-order valence-corrected chi connectivity index (χ4v) is 4.78. The Labute approximate surface area is 150 Å². The topological polar surface area (TPSA) is 44.8 Å². The van der Waals surface area contributed by atoms with Gasteiger partial charge in [-0.25, -0.2) is 0 Å². The first kappa shape index (κ1) is 16.9. The van der Waals surface area contributed by atoms with Crippen molar-refractivity contribution in [2.24, 2.45) is 0 Å². The highest BCUT2D eigenvalue weighted by Gasteiger charge is 2.36. The summed E-state index contributed by atoms with van der Waals surface area (Å²) in [6.45, 7) is 3.22. The summed E-state index contributed by atoms with van der Waals surface area (Å²) < 4.78 is 5.46. The van der Waals surface area contributed by atoms with Crippen LogP contribution >= 0.6 is 0 Å². The third kappa shape index (κ3) is 3.40. The Morgan fingerprint density at radius 3 is 2.80 bits per heavy atom. The van der Waals surface area contributed by atoms with Gasteiger partial charge in [0, 0.05) is 18.6 Å². The van der Waals surface area contributed by atoms with Crippen LogP contribution in [0.25, 0.3) is 0 Å². The highest BCUT2D eigenvalue weighted by Crippen LogP contribution is 2.31. The van der Waals surface area contributed by atoms with Crippen molar-refractivity contribution in [2.75, 3.05) is 31.6 Å². The second-order valence-corrected chi connectivity index (χ2v) is 7.58. The first-order chi connectivity index (χ1) is 12.3. The molecule has 0 aromatic heterocycles. The Morgan fingerprint density at radius 2 is 1.92 bits per heavy atom. The van der Waals surface area contributed by atoms with Crippen LogP contribution in [0.2, 0.25) is 0 Å². The molecule has 3 heterocycles. The number of rotatable bonds is 4. The van der Waals surface area contributed by atoms with E-state index in [1.807, 2.05) is 29.2 Å². The largest absolute Gasteiger partial charge is 0.495 e. The Kier molecular flexibility index (Phi) is 4.95. The van der Waals surface area contributed by atoms with Gasteiger partial charge in [-0.1, -0.05) is 12.1 Å². The number of piperidine rings is 2. The maximum Gasteiger partial charge on any atom is 0.244 e. The molecule has 5 nitrogen and oxygen atoms in total. The SMILES string of the molecule is COc1ccccc1N1CCC[C@H](N[C@@H]2CCN3CCC[C@H]3C2)C1=O. The molecule has 3 aliphatic rings. The zero-order chi connectivity index (χ0) is 17.2. The molecule has 0 saturated carbocycles. The van der Waals surface area contributed by atoms with Gasteiger partial charge < -0.3 is 19.9 Å². The summed E-state index contributed by atoms with van der Waals surface area (Å²) in [6.07, 6.45) is 6.98. The third-order valence-electron chi connectivity index (χ3n) is 6.07. The number of fused-ring (bicyclic) bond motifs is 1. The highest BCUT2D eigenvalue weighted by atomic mass is 16.5. The Bertz CT molecular complexity index is 621. The number of nitrogens with one attached hydrogen (secondary N) is 1. The Hall–Kier alpha value is -1.59. The second-order valence-electron chi connectivity index (χ2n) is 7.58. The number of hydrogen-bond acceptors (Lipinski definition) is 4. The summed E-state index contributed by atoms with van der Waals surface area (Å²) >= 11 is 0. The molecule has 3 saturated heterocycles. The van der Waals surface area contributed by atoms with Gasteiger partial charge in [0.05, 0.1) is 18.8 Å². The molecule has 3 atom stereocenters. The molecule has 0 aliphatic carbocycles. The monoisotopic (exact) mass is 343 g/mol. The van der Waals surface area contributed by atoms with Crippen LogP contribution in [0.3, 0.4) is 0 Å². The molecule has 1 amide bonds. The number of amides is 1. The van der Waals surface area contributed by atoms with E-state index in [0.717, 1.165) is 43.3 Å². The maximum absolute atomic E-state index is 13.1. The van der Waals surface area contributed by atoms with E-state index in [1.54, 1.807) is 7.11 Å². The second kappa shape index (κ2) is 7.34. The normalized spacial score (nSPS) is 30.4. The molecule has 0 spiro atoms. The van der Waals surface area contributed by atoms with Gasteiger partial charge in [-0.2, -0.15) is 0 Å². The molecule has 1 N–H and O–H groups in total. The average molecular weight is 343 g/mol. The van der Waals surface area contributed by atoms with Crippen LogP contribution in [0.15, 0.2) is 24.3 Å². The van der Waals surface area contributed by atoms with E-state index in [1.165, 1.54) is 32.4 Å². The lowest BCUT2D eigenvalue weighted by Gasteiger charge is -2.39. The number of carbonyl (C=O) groups is 1. The van der Waals surface area contributed by atoms with Crippen LogP contribution in [0.5, 0.6) is 5.75 Å². The molecular formula is C20H29N3O2. The average Bonchev–Trinajstić information content (AvgIpc) is 3.11. The number of nitrogens with zero attached hydrogens (tertiary/aromatic N) is 2. The third-order valence-corrected chi connectivity index (χ3v) is 6.07. The molecule has 5 heteroatoms. The molecular weight excluding hydrogens is 314 g/mol. The summed E-state index contributed by atoms with van der Waals surface area (Å²) in [6, 6.07) is 8.98. The van der Waals surface area contributed by atoms with Gasteiger partial charge in [0.2, 0.25) is 5.91 Å². The molecule has 3 fully saturated rings. The minimum atomic E-state index is -0.0587. The molecule has 4 rings (SSSR count). The standard InChI is InChI=1S/C20H29N3O2/c1-25-19-9-3-2-8-18(19)23-12-5-7-17(20(23)24)21-15-10-13-22-11-4-6-16(22)14-15/h2-3,8-9,15-17,21H,4-7,10-14H2,1H3/t15-,16+,17+/m1/s1. The van der Waals surface area contributed by atoms with Gasteiger partial charge in [-0.05, 0) is 63.7 Å². The minimum Gasteiger partial charge on any atom is -0.495 e. The number of benzene rings is 1. The van der Waals surface area contributed by atoms with E-state index >= 15 is 0 Å². The van der Waals surface area contributed by atoms with Crippen LogP contribution in [0.1, 0.15) is 38.5 Å². The smallest absolute Gasteiger partial charge is 0.244 e. The summed E-state index contributed by atoms with van der Waals surface area (Å²) in [7, 11) is 1.67. The van der Waals surface area contributed by atoms with Crippen molar-refractivity contribution in [3.05, 3.63) is 24.3 Å².